The number of morpholine rings is 1. The molecule has 21 heavy (non-hydrogen) atoms. The van der Waals surface area contributed by atoms with Crippen molar-refractivity contribution in [1.82, 2.24) is 15.5 Å². The molecule has 0 aromatic heterocycles. The predicted octanol–water partition coefficient (Wildman–Crippen LogP) is 0.306. The SMILES string of the molecule is Cl.O=C(CCC1CCCN1)NCCC(=O)N1CCOCC1. The largest absolute Gasteiger partial charge is 0.378 e. The lowest BCUT2D eigenvalue weighted by Gasteiger charge is -2.26. The number of hydrogen-bond acceptors (Lipinski definition) is 4. The third-order valence-electron chi connectivity index (χ3n) is 3.91. The molecule has 0 aromatic carbocycles. The molecule has 2 heterocycles. The Hall–Kier alpha value is -0.850. The summed E-state index contributed by atoms with van der Waals surface area (Å²) in [6.45, 7) is 4.08. The molecule has 2 fully saturated rings. The van der Waals surface area contributed by atoms with Crippen molar-refractivity contribution in [1.29, 1.82) is 0 Å². The van der Waals surface area contributed by atoms with E-state index in [1.807, 2.05) is 0 Å². The summed E-state index contributed by atoms with van der Waals surface area (Å²) in [5.74, 6) is 0.152. The molecular weight excluding hydrogens is 294 g/mol. The lowest BCUT2D eigenvalue weighted by atomic mass is 10.1. The third-order valence-corrected chi connectivity index (χ3v) is 3.91. The van der Waals surface area contributed by atoms with Crippen molar-refractivity contribution in [2.75, 3.05) is 39.4 Å². The van der Waals surface area contributed by atoms with Crippen LogP contribution in [-0.4, -0.2) is 62.1 Å². The molecular formula is C14H26ClN3O3. The van der Waals surface area contributed by atoms with Crippen LogP contribution in [0.4, 0.5) is 0 Å². The van der Waals surface area contributed by atoms with Gasteiger partial charge in [0, 0.05) is 38.5 Å². The minimum absolute atomic E-state index is 0. The number of carbonyl (C=O) groups is 2. The topological polar surface area (TPSA) is 70.7 Å². The Balaban J connectivity index is 0.00000220. The van der Waals surface area contributed by atoms with Crippen LogP contribution in [-0.2, 0) is 14.3 Å². The fourth-order valence-electron chi connectivity index (χ4n) is 2.68. The summed E-state index contributed by atoms with van der Waals surface area (Å²) in [4.78, 5) is 25.3. The predicted molar refractivity (Wildman–Crippen MR) is 82.5 cm³/mol. The first-order chi connectivity index (χ1) is 9.75. The highest BCUT2D eigenvalue weighted by Gasteiger charge is 2.17. The zero-order valence-electron chi connectivity index (χ0n) is 12.4. The number of carbonyl (C=O) groups excluding carboxylic acids is 2. The maximum Gasteiger partial charge on any atom is 0.224 e. The van der Waals surface area contributed by atoms with Gasteiger partial charge in [-0.1, -0.05) is 0 Å². The van der Waals surface area contributed by atoms with Gasteiger partial charge < -0.3 is 20.3 Å². The summed E-state index contributed by atoms with van der Waals surface area (Å²) in [5.41, 5.74) is 0. The van der Waals surface area contributed by atoms with Gasteiger partial charge in [0.15, 0.2) is 0 Å². The highest BCUT2D eigenvalue weighted by atomic mass is 35.5. The van der Waals surface area contributed by atoms with Gasteiger partial charge in [0.2, 0.25) is 11.8 Å². The van der Waals surface area contributed by atoms with Gasteiger partial charge in [-0.3, -0.25) is 9.59 Å². The molecule has 7 heteroatoms. The van der Waals surface area contributed by atoms with Gasteiger partial charge in [0.1, 0.15) is 0 Å². The van der Waals surface area contributed by atoms with Crippen LogP contribution in [0.3, 0.4) is 0 Å². The van der Waals surface area contributed by atoms with E-state index in [9.17, 15) is 9.59 Å². The monoisotopic (exact) mass is 319 g/mol. The first-order valence-corrected chi connectivity index (χ1v) is 7.61. The molecule has 1 unspecified atom stereocenters. The quantitative estimate of drug-likeness (QED) is 0.739. The van der Waals surface area contributed by atoms with Gasteiger partial charge >= 0.3 is 0 Å². The molecule has 0 aliphatic carbocycles. The van der Waals surface area contributed by atoms with Crippen molar-refractivity contribution < 1.29 is 14.3 Å². The number of halogens is 1. The van der Waals surface area contributed by atoms with E-state index in [2.05, 4.69) is 10.6 Å². The first kappa shape index (κ1) is 18.2. The first-order valence-electron chi connectivity index (χ1n) is 7.61. The number of amides is 2. The summed E-state index contributed by atoms with van der Waals surface area (Å²) < 4.78 is 5.20. The van der Waals surface area contributed by atoms with Crippen LogP contribution in [0.15, 0.2) is 0 Å². The van der Waals surface area contributed by atoms with E-state index in [0.29, 0.717) is 51.7 Å². The number of nitrogens with one attached hydrogen (secondary N) is 2. The highest BCUT2D eigenvalue weighted by molar-refractivity contribution is 5.85. The van der Waals surface area contributed by atoms with Crippen molar-refractivity contribution in [2.45, 2.75) is 38.1 Å². The molecule has 2 amide bonds. The maximum atomic E-state index is 11.9. The van der Waals surface area contributed by atoms with Crippen LogP contribution >= 0.6 is 12.4 Å². The molecule has 0 spiro atoms. The molecule has 2 N–H and O–H groups in total. The molecule has 0 aromatic rings. The highest BCUT2D eigenvalue weighted by Crippen LogP contribution is 2.10. The zero-order valence-corrected chi connectivity index (χ0v) is 13.3. The average molecular weight is 320 g/mol. The summed E-state index contributed by atoms with van der Waals surface area (Å²) in [6, 6.07) is 0.496. The van der Waals surface area contributed by atoms with E-state index in [4.69, 9.17) is 4.74 Å². The number of hydrogen-bond donors (Lipinski definition) is 2. The fraction of sp³-hybridized carbons (Fsp3) is 0.857. The van der Waals surface area contributed by atoms with E-state index in [0.717, 1.165) is 13.0 Å². The van der Waals surface area contributed by atoms with Gasteiger partial charge in [0.25, 0.3) is 0 Å². The molecule has 2 aliphatic rings. The van der Waals surface area contributed by atoms with Crippen molar-refractivity contribution in [3.8, 4) is 0 Å². The van der Waals surface area contributed by atoms with Crippen LogP contribution in [0.25, 0.3) is 0 Å². The lowest BCUT2D eigenvalue weighted by molar-refractivity contribution is -0.135. The van der Waals surface area contributed by atoms with Gasteiger partial charge in [-0.25, -0.2) is 0 Å². The van der Waals surface area contributed by atoms with Crippen molar-refractivity contribution >= 4 is 24.2 Å². The van der Waals surface area contributed by atoms with Gasteiger partial charge in [-0.15, -0.1) is 12.4 Å². The summed E-state index contributed by atoms with van der Waals surface area (Å²) in [7, 11) is 0. The van der Waals surface area contributed by atoms with Gasteiger partial charge in [-0.05, 0) is 25.8 Å². The van der Waals surface area contributed by atoms with Crippen LogP contribution in [0.2, 0.25) is 0 Å². The van der Waals surface area contributed by atoms with Crippen molar-refractivity contribution in [3.05, 3.63) is 0 Å². The molecule has 122 valence electrons. The Kier molecular flexibility index (Phi) is 8.64. The van der Waals surface area contributed by atoms with E-state index < -0.39 is 0 Å². The fourth-order valence-corrected chi connectivity index (χ4v) is 2.68. The van der Waals surface area contributed by atoms with E-state index in [1.54, 1.807) is 4.90 Å². The molecule has 0 radical (unpaired) electrons. The van der Waals surface area contributed by atoms with E-state index >= 15 is 0 Å². The van der Waals surface area contributed by atoms with E-state index in [-0.39, 0.29) is 24.2 Å². The van der Waals surface area contributed by atoms with E-state index in [1.165, 1.54) is 12.8 Å². The van der Waals surface area contributed by atoms with Crippen LogP contribution in [0.5, 0.6) is 0 Å². The molecule has 6 nitrogen and oxygen atoms in total. The number of ether oxygens (including phenoxy) is 1. The Morgan fingerprint density at radius 3 is 2.67 bits per heavy atom. The van der Waals surface area contributed by atoms with Gasteiger partial charge in [0.05, 0.1) is 13.2 Å². The second-order valence-corrected chi connectivity index (χ2v) is 5.43. The Labute approximate surface area is 132 Å². The normalized spacial score (nSPS) is 21.7. The molecule has 2 aliphatic heterocycles. The average Bonchev–Trinajstić information content (AvgIpc) is 2.99. The molecule has 2 saturated heterocycles. The molecule has 1 atom stereocenters. The second kappa shape index (κ2) is 9.97. The minimum atomic E-state index is 0. The summed E-state index contributed by atoms with van der Waals surface area (Å²) in [6.07, 6.45) is 4.20. The van der Waals surface area contributed by atoms with Gasteiger partial charge in [-0.2, -0.15) is 0 Å². The maximum absolute atomic E-state index is 11.9. The second-order valence-electron chi connectivity index (χ2n) is 5.43. The summed E-state index contributed by atoms with van der Waals surface area (Å²) in [5, 5.41) is 6.21. The lowest BCUT2D eigenvalue weighted by Crippen LogP contribution is -2.42. The van der Waals surface area contributed by atoms with Crippen LogP contribution < -0.4 is 10.6 Å². The van der Waals surface area contributed by atoms with Crippen LogP contribution in [0, 0.1) is 0 Å². The number of rotatable bonds is 6. The van der Waals surface area contributed by atoms with Crippen molar-refractivity contribution in [3.63, 3.8) is 0 Å². The van der Waals surface area contributed by atoms with Crippen molar-refractivity contribution in [2.24, 2.45) is 0 Å². The molecule has 0 bridgehead atoms. The third kappa shape index (κ3) is 6.63. The number of nitrogens with zero attached hydrogens (tertiary/aromatic N) is 1. The Morgan fingerprint density at radius 1 is 1.24 bits per heavy atom. The zero-order chi connectivity index (χ0) is 14.2. The smallest absolute Gasteiger partial charge is 0.224 e. The molecule has 0 saturated carbocycles. The van der Waals surface area contributed by atoms with Crippen LogP contribution in [0.1, 0.15) is 32.1 Å². The Bertz CT molecular complexity index is 329. The standard InChI is InChI=1S/C14H25N3O3.ClH/c18-13(4-3-12-2-1-6-15-12)16-7-5-14(19)17-8-10-20-11-9-17;/h12,15H,1-11H2,(H,16,18);1H. The molecule has 2 rings (SSSR count). The minimum Gasteiger partial charge on any atom is -0.378 e. The Morgan fingerprint density at radius 2 is 2.00 bits per heavy atom. The summed E-state index contributed by atoms with van der Waals surface area (Å²) >= 11 is 0.